The number of carbonyl (C=O) groups is 1. The predicted molar refractivity (Wildman–Crippen MR) is 72.5 cm³/mol. The molecule has 0 aliphatic rings. The lowest BCUT2D eigenvalue weighted by Crippen LogP contribution is -2.30. The highest BCUT2D eigenvalue weighted by Gasteiger charge is 2.28. The molecule has 0 radical (unpaired) electrons. The zero-order chi connectivity index (χ0) is 18.5. The first kappa shape index (κ1) is 19.4. The van der Waals surface area contributed by atoms with Crippen LogP contribution in [0.15, 0.2) is 17.1 Å². The molecule has 0 aliphatic heterocycles. The third-order valence-electron chi connectivity index (χ3n) is 2.45. The van der Waals surface area contributed by atoms with Gasteiger partial charge in [0.15, 0.2) is 23.3 Å². The van der Waals surface area contributed by atoms with Crippen molar-refractivity contribution in [1.82, 2.24) is 5.32 Å². The summed E-state index contributed by atoms with van der Waals surface area (Å²) in [6.45, 7) is 1.77. The largest absolute Gasteiger partial charge is 0.349 e. The van der Waals surface area contributed by atoms with Crippen LogP contribution in [0.2, 0.25) is 0 Å². The molecule has 1 amide bonds. The van der Waals surface area contributed by atoms with Crippen molar-refractivity contribution in [2.24, 2.45) is 5.11 Å². The van der Waals surface area contributed by atoms with Gasteiger partial charge in [0.1, 0.15) is 11.3 Å². The van der Waals surface area contributed by atoms with Crippen molar-refractivity contribution in [1.29, 1.82) is 0 Å². The molecule has 1 aromatic carbocycles. The van der Waals surface area contributed by atoms with Crippen LogP contribution in [0.25, 0.3) is 10.4 Å². The topological polar surface area (TPSA) is 121 Å². The lowest BCUT2D eigenvalue weighted by molar-refractivity contribution is 0.0936. The monoisotopic (exact) mass is 368 g/mol. The van der Waals surface area contributed by atoms with Crippen molar-refractivity contribution in [2.45, 2.75) is 0 Å². The summed E-state index contributed by atoms with van der Waals surface area (Å²) in [5.41, 5.74) is 4.92. The first-order chi connectivity index (χ1) is 11.2. The van der Waals surface area contributed by atoms with Crippen molar-refractivity contribution in [3.8, 4) is 0 Å². The lowest BCUT2D eigenvalue weighted by atomic mass is 10.1. The predicted octanol–water partition coefficient (Wildman–Crippen LogP) is 2.40. The number of azide groups is 1. The van der Waals surface area contributed by atoms with E-state index >= 15 is 0 Å². The Hall–Kier alpha value is -2.63. The Kier molecular flexibility index (Phi) is 6.28. The number of hydrogen-bond donors (Lipinski definition) is 1. The molecule has 0 aliphatic carbocycles. The van der Waals surface area contributed by atoms with Crippen LogP contribution in [0.5, 0.6) is 0 Å². The van der Waals surface area contributed by atoms with Crippen LogP contribution in [0.1, 0.15) is 10.4 Å². The number of hydrogen-bond acceptors (Lipinski definition) is 5. The Labute approximate surface area is 132 Å². The average molecular weight is 368 g/mol. The van der Waals surface area contributed by atoms with E-state index in [4.69, 9.17) is 5.53 Å². The average Bonchev–Trinajstić information content (AvgIpc) is 2.54. The van der Waals surface area contributed by atoms with Crippen molar-refractivity contribution in [3.05, 3.63) is 51.3 Å². The van der Waals surface area contributed by atoms with Crippen molar-refractivity contribution in [3.63, 3.8) is 0 Å². The molecular weight excluding hydrogens is 360 g/mol. The number of halogens is 4. The molecule has 0 atom stereocenters. The number of rotatable bonds is 7. The third-order valence-corrected chi connectivity index (χ3v) is 3.35. The molecular formula is C11H8F4N4O4S. The van der Waals surface area contributed by atoms with Crippen LogP contribution in [-0.4, -0.2) is 27.5 Å². The molecule has 24 heavy (non-hydrogen) atoms. The molecule has 0 fully saturated rings. The maximum atomic E-state index is 13.7. The summed E-state index contributed by atoms with van der Waals surface area (Å²) in [5.74, 6) is -9.83. The molecule has 0 saturated heterocycles. The summed E-state index contributed by atoms with van der Waals surface area (Å²) in [6.07, 6.45) is 0. The summed E-state index contributed by atoms with van der Waals surface area (Å²) < 4.78 is 80.4. The van der Waals surface area contributed by atoms with Crippen molar-refractivity contribution >= 4 is 21.7 Å². The lowest BCUT2D eigenvalue weighted by Gasteiger charge is -2.10. The Bertz CT molecular complexity index is 808. The molecule has 0 heterocycles. The number of amides is 1. The molecule has 130 valence electrons. The van der Waals surface area contributed by atoms with Gasteiger partial charge < -0.3 is 5.32 Å². The summed E-state index contributed by atoms with van der Waals surface area (Å²) >= 11 is 0. The van der Waals surface area contributed by atoms with Crippen LogP contribution in [0.4, 0.5) is 23.2 Å². The van der Waals surface area contributed by atoms with Crippen LogP contribution in [0.3, 0.4) is 0 Å². The van der Waals surface area contributed by atoms with E-state index in [1.807, 2.05) is 4.91 Å². The van der Waals surface area contributed by atoms with Gasteiger partial charge in [-0.05, 0) is 5.53 Å². The summed E-state index contributed by atoms with van der Waals surface area (Å²) in [6, 6.07) is 0. The Morgan fingerprint density at radius 1 is 1.25 bits per heavy atom. The zero-order valence-corrected chi connectivity index (χ0v) is 12.4. The van der Waals surface area contributed by atoms with E-state index in [1.165, 1.54) is 0 Å². The summed E-state index contributed by atoms with van der Waals surface area (Å²) in [4.78, 5) is 13.6. The van der Waals surface area contributed by atoms with Crippen LogP contribution >= 0.6 is 0 Å². The SMILES string of the molecule is C=CS(=O)(=O)OCCNC(=O)c1c(F)c(F)c(N=[N+]=[N-])c(F)c1F. The molecule has 1 N–H and O–H groups in total. The zero-order valence-electron chi connectivity index (χ0n) is 11.6. The molecule has 0 saturated carbocycles. The van der Waals surface area contributed by atoms with E-state index < -0.39 is 63.7 Å². The number of nitrogens with one attached hydrogen (secondary N) is 1. The Balaban J connectivity index is 3.00. The summed E-state index contributed by atoms with van der Waals surface area (Å²) in [7, 11) is -4.03. The van der Waals surface area contributed by atoms with E-state index in [2.05, 4.69) is 15.9 Å². The van der Waals surface area contributed by atoms with Crippen LogP contribution in [-0.2, 0) is 14.3 Å². The van der Waals surface area contributed by atoms with Crippen LogP contribution in [0, 0.1) is 23.3 Å². The Morgan fingerprint density at radius 2 is 1.79 bits per heavy atom. The van der Waals surface area contributed by atoms with Gasteiger partial charge >= 0.3 is 0 Å². The van der Waals surface area contributed by atoms with Gasteiger partial charge in [-0.15, -0.1) is 0 Å². The second-order valence-corrected chi connectivity index (χ2v) is 5.46. The van der Waals surface area contributed by atoms with Gasteiger partial charge in [0, 0.05) is 11.5 Å². The highest BCUT2D eigenvalue weighted by atomic mass is 32.2. The molecule has 0 aromatic heterocycles. The molecule has 0 spiro atoms. The third kappa shape index (κ3) is 4.22. The number of benzene rings is 1. The quantitative estimate of drug-likeness (QED) is 0.151. The van der Waals surface area contributed by atoms with E-state index in [0.29, 0.717) is 5.41 Å². The van der Waals surface area contributed by atoms with E-state index in [0.717, 1.165) is 0 Å². The van der Waals surface area contributed by atoms with Crippen molar-refractivity contribution in [2.75, 3.05) is 13.2 Å². The van der Waals surface area contributed by atoms with E-state index in [-0.39, 0.29) is 0 Å². The first-order valence-electron chi connectivity index (χ1n) is 5.87. The standard InChI is InChI=1S/C11H8F4N4O4S/c1-2-24(21,22)23-4-3-17-11(20)5-6(12)8(14)10(18-19-16)9(15)7(5)13/h2H,1,3-4H2,(H,17,20). The molecule has 13 heteroatoms. The minimum atomic E-state index is -4.03. The maximum Gasteiger partial charge on any atom is 0.289 e. The van der Waals surface area contributed by atoms with Gasteiger partial charge in [-0.2, -0.15) is 8.42 Å². The van der Waals surface area contributed by atoms with Gasteiger partial charge in [-0.25, -0.2) is 17.6 Å². The van der Waals surface area contributed by atoms with Crippen LogP contribution < -0.4 is 5.32 Å². The molecule has 0 bridgehead atoms. The van der Waals surface area contributed by atoms with Gasteiger partial charge in [0.05, 0.1) is 12.0 Å². The fourth-order valence-electron chi connectivity index (χ4n) is 1.41. The summed E-state index contributed by atoms with van der Waals surface area (Å²) in [5, 5.41) is 4.75. The van der Waals surface area contributed by atoms with Gasteiger partial charge in [-0.1, -0.05) is 11.7 Å². The van der Waals surface area contributed by atoms with Gasteiger partial charge in [-0.3, -0.25) is 8.98 Å². The first-order valence-corrected chi connectivity index (χ1v) is 7.34. The van der Waals surface area contributed by atoms with Gasteiger partial charge in [0.2, 0.25) is 0 Å². The van der Waals surface area contributed by atoms with E-state index in [1.54, 1.807) is 5.32 Å². The Morgan fingerprint density at radius 3 is 2.25 bits per heavy atom. The molecule has 0 unspecified atom stereocenters. The second kappa shape index (κ2) is 7.77. The molecule has 1 rings (SSSR count). The minimum absolute atomic E-state index is 0.480. The fourth-order valence-corrected chi connectivity index (χ4v) is 1.82. The number of nitrogens with zero attached hydrogens (tertiary/aromatic N) is 3. The maximum absolute atomic E-state index is 13.7. The second-order valence-electron chi connectivity index (χ2n) is 3.91. The fraction of sp³-hybridized carbons (Fsp3) is 0.182. The smallest absolute Gasteiger partial charge is 0.289 e. The van der Waals surface area contributed by atoms with E-state index in [9.17, 15) is 30.8 Å². The van der Waals surface area contributed by atoms with Crippen molar-refractivity contribution < 1.29 is 35.0 Å². The molecule has 1 aromatic rings. The highest BCUT2D eigenvalue weighted by Crippen LogP contribution is 2.30. The van der Waals surface area contributed by atoms with Gasteiger partial charge in [0.25, 0.3) is 16.0 Å². The highest BCUT2D eigenvalue weighted by molar-refractivity contribution is 7.89. The normalized spacial score (nSPS) is 10.8. The molecule has 8 nitrogen and oxygen atoms in total. The number of carbonyl (C=O) groups excluding carboxylic acids is 1. The minimum Gasteiger partial charge on any atom is -0.349 e.